The number of hydrogen-bond acceptors (Lipinski definition) is 4. The van der Waals surface area contributed by atoms with Gasteiger partial charge < -0.3 is 15.2 Å². The maximum absolute atomic E-state index is 12.3. The van der Waals surface area contributed by atoms with Crippen LogP contribution in [0.25, 0.3) is 0 Å². The molecule has 0 aromatic heterocycles. The van der Waals surface area contributed by atoms with Crippen LogP contribution in [0.5, 0.6) is 11.5 Å². The van der Waals surface area contributed by atoms with Crippen molar-refractivity contribution in [1.82, 2.24) is 5.43 Å². The number of alkyl halides is 2. The molecule has 3 N–H and O–H groups in total. The first-order valence-electron chi connectivity index (χ1n) is 7.00. The number of amides is 1. The zero-order valence-corrected chi connectivity index (χ0v) is 13.9. The second-order valence-electron chi connectivity index (χ2n) is 4.72. The van der Waals surface area contributed by atoms with Gasteiger partial charge in [0.1, 0.15) is 11.5 Å². The van der Waals surface area contributed by atoms with Crippen molar-refractivity contribution in [3.05, 3.63) is 54.1 Å². The number of benzene rings is 2. The van der Waals surface area contributed by atoms with Gasteiger partial charge in [-0.15, -0.1) is 0 Å². The van der Waals surface area contributed by atoms with E-state index < -0.39 is 12.5 Å². The van der Waals surface area contributed by atoms with E-state index in [1.165, 1.54) is 36.4 Å². The summed E-state index contributed by atoms with van der Waals surface area (Å²) in [5, 5.41) is 1.15. The lowest BCUT2D eigenvalue weighted by Crippen LogP contribution is -2.49. The summed E-state index contributed by atoms with van der Waals surface area (Å²) in [6.45, 7) is -2.93. The van der Waals surface area contributed by atoms with Crippen LogP contribution in [0.2, 0.25) is 0 Å². The first kappa shape index (κ1) is 18.4. The smallest absolute Gasteiger partial charge is 0.387 e. The summed E-state index contributed by atoms with van der Waals surface area (Å²) in [6.07, 6.45) is 0. The van der Waals surface area contributed by atoms with Gasteiger partial charge >= 0.3 is 6.61 Å². The van der Waals surface area contributed by atoms with E-state index in [4.69, 9.17) is 22.7 Å². The molecule has 1 amide bonds. The Labute approximate surface area is 148 Å². The molecular weight excluding hydrogens is 352 g/mol. The van der Waals surface area contributed by atoms with E-state index in [9.17, 15) is 13.6 Å². The average molecular weight is 367 g/mol. The number of nitrogens with zero attached hydrogens (tertiary/aromatic N) is 1. The third-order valence-electron chi connectivity index (χ3n) is 3.11. The van der Waals surface area contributed by atoms with Gasteiger partial charge in [0.25, 0.3) is 5.91 Å². The van der Waals surface area contributed by atoms with Crippen LogP contribution in [-0.4, -0.2) is 24.7 Å². The second-order valence-corrected chi connectivity index (χ2v) is 5.13. The van der Waals surface area contributed by atoms with Crippen molar-refractivity contribution in [3.8, 4) is 11.5 Å². The van der Waals surface area contributed by atoms with E-state index in [2.05, 4.69) is 10.2 Å². The average Bonchev–Trinajstić information content (AvgIpc) is 2.59. The molecular formula is C16H15F2N3O3S. The Bertz CT molecular complexity index is 739. The monoisotopic (exact) mass is 367 g/mol. The maximum Gasteiger partial charge on any atom is 0.387 e. The fraction of sp³-hybridized carbons (Fsp3) is 0.125. The summed E-state index contributed by atoms with van der Waals surface area (Å²) in [4.78, 5) is 12.3. The highest BCUT2D eigenvalue weighted by atomic mass is 32.1. The molecule has 0 aliphatic rings. The summed E-state index contributed by atoms with van der Waals surface area (Å²) >= 11 is 4.95. The Morgan fingerprint density at radius 2 is 1.68 bits per heavy atom. The number of carbonyl (C=O) groups excluding carboxylic acids is 1. The Morgan fingerprint density at radius 3 is 2.16 bits per heavy atom. The molecule has 0 spiro atoms. The first-order valence-corrected chi connectivity index (χ1v) is 7.41. The molecule has 0 saturated heterocycles. The van der Waals surface area contributed by atoms with E-state index in [0.717, 1.165) is 0 Å². The summed E-state index contributed by atoms with van der Waals surface area (Å²) in [6, 6.07) is 11.9. The van der Waals surface area contributed by atoms with Crippen molar-refractivity contribution in [2.75, 3.05) is 12.1 Å². The lowest BCUT2D eigenvalue weighted by Gasteiger charge is -2.23. The van der Waals surface area contributed by atoms with E-state index in [0.29, 0.717) is 11.4 Å². The number of thiocarbonyl (C=S) groups is 1. The number of anilines is 1. The van der Waals surface area contributed by atoms with Crippen LogP contribution in [0.4, 0.5) is 14.5 Å². The SMILES string of the molecule is COc1ccc(N(NC(=O)c2ccc(OC(F)F)cc2)C(N)=S)cc1. The van der Waals surface area contributed by atoms with Crippen molar-refractivity contribution in [2.24, 2.45) is 5.73 Å². The third-order valence-corrected chi connectivity index (χ3v) is 3.29. The zero-order valence-electron chi connectivity index (χ0n) is 13.1. The third kappa shape index (κ3) is 5.01. The number of rotatable bonds is 5. The molecule has 25 heavy (non-hydrogen) atoms. The topological polar surface area (TPSA) is 76.8 Å². The predicted molar refractivity (Wildman–Crippen MR) is 92.8 cm³/mol. The highest BCUT2D eigenvalue weighted by Crippen LogP contribution is 2.19. The number of nitrogens with one attached hydrogen (secondary N) is 1. The molecule has 0 aliphatic heterocycles. The van der Waals surface area contributed by atoms with E-state index in [1.54, 1.807) is 24.3 Å². The minimum atomic E-state index is -2.93. The first-order chi connectivity index (χ1) is 11.9. The molecule has 132 valence electrons. The summed E-state index contributed by atoms with van der Waals surface area (Å²) in [5.74, 6) is 0.0627. The van der Waals surface area contributed by atoms with Crippen LogP contribution in [0.1, 0.15) is 10.4 Å². The van der Waals surface area contributed by atoms with Crippen LogP contribution in [-0.2, 0) is 0 Å². The molecule has 0 radical (unpaired) electrons. The summed E-state index contributed by atoms with van der Waals surface area (Å²) < 4.78 is 33.6. The molecule has 2 aromatic rings. The molecule has 0 unspecified atom stereocenters. The van der Waals surface area contributed by atoms with Gasteiger partial charge in [-0.25, -0.2) is 5.01 Å². The minimum Gasteiger partial charge on any atom is -0.497 e. The van der Waals surface area contributed by atoms with Gasteiger partial charge in [0.05, 0.1) is 12.8 Å². The van der Waals surface area contributed by atoms with E-state index in [-0.39, 0.29) is 16.4 Å². The number of ether oxygens (including phenoxy) is 2. The Balaban J connectivity index is 2.13. The van der Waals surface area contributed by atoms with Crippen molar-refractivity contribution >= 4 is 28.9 Å². The number of methoxy groups -OCH3 is 1. The van der Waals surface area contributed by atoms with Crippen LogP contribution in [0, 0.1) is 0 Å². The van der Waals surface area contributed by atoms with Gasteiger partial charge in [-0.1, -0.05) is 0 Å². The second kappa shape index (κ2) is 8.25. The molecule has 0 saturated carbocycles. The van der Waals surface area contributed by atoms with Crippen LogP contribution in [0.3, 0.4) is 0 Å². The molecule has 9 heteroatoms. The molecule has 0 atom stereocenters. The van der Waals surface area contributed by atoms with E-state index in [1.807, 2.05) is 0 Å². The number of nitrogens with two attached hydrogens (primary N) is 1. The van der Waals surface area contributed by atoms with Crippen molar-refractivity contribution in [1.29, 1.82) is 0 Å². The largest absolute Gasteiger partial charge is 0.497 e. The van der Waals surface area contributed by atoms with Gasteiger partial charge in [0.2, 0.25) is 0 Å². The van der Waals surface area contributed by atoms with Gasteiger partial charge in [-0.3, -0.25) is 10.2 Å². The molecule has 0 bridgehead atoms. The zero-order chi connectivity index (χ0) is 18.4. The molecule has 6 nitrogen and oxygen atoms in total. The number of hydrazine groups is 1. The quantitative estimate of drug-likeness (QED) is 0.625. The van der Waals surface area contributed by atoms with E-state index >= 15 is 0 Å². The lowest BCUT2D eigenvalue weighted by molar-refractivity contribution is -0.0498. The fourth-order valence-electron chi connectivity index (χ4n) is 1.93. The van der Waals surface area contributed by atoms with Gasteiger partial charge in [0, 0.05) is 5.56 Å². The standard InChI is InChI=1S/C16H15F2N3O3S/c1-23-12-8-4-11(5-9-12)21(16(19)25)20-14(22)10-2-6-13(7-3-10)24-15(17)18/h2-9,15H,1H3,(H2,19,25)(H,20,22). The number of hydrogen-bond donors (Lipinski definition) is 2. The van der Waals surface area contributed by atoms with Crippen molar-refractivity contribution in [2.45, 2.75) is 6.61 Å². The molecule has 2 aromatic carbocycles. The molecule has 0 heterocycles. The lowest BCUT2D eigenvalue weighted by atomic mass is 10.2. The summed E-state index contributed by atoms with van der Waals surface area (Å²) in [7, 11) is 1.53. The number of halogens is 2. The van der Waals surface area contributed by atoms with Crippen LogP contribution in [0.15, 0.2) is 48.5 Å². The van der Waals surface area contributed by atoms with Gasteiger partial charge in [0.15, 0.2) is 5.11 Å². The molecule has 0 aliphatic carbocycles. The molecule has 0 fully saturated rings. The highest BCUT2D eigenvalue weighted by molar-refractivity contribution is 7.80. The van der Waals surface area contributed by atoms with Crippen molar-refractivity contribution in [3.63, 3.8) is 0 Å². The minimum absolute atomic E-state index is 0.0482. The predicted octanol–water partition coefficient (Wildman–Crippen LogP) is 2.69. The maximum atomic E-state index is 12.3. The highest BCUT2D eigenvalue weighted by Gasteiger charge is 2.15. The molecule has 2 rings (SSSR count). The van der Waals surface area contributed by atoms with Crippen LogP contribution >= 0.6 is 12.2 Å². The van der Waals surface area contributed by atoms with Gasteiger partial charge in [-0.2, -0.15) is 8.78 Å². The van der Waals surface area contributed by atoms with Gasteiger partial charge in [-0.05, 0) is 60.7 Å². The van der Waals surface area contributed by atoms with Crippen molar-refractivity contribution < 1.29 is 23.0 Å². The summed E-state index contributed by atoms with van der Waals surface area (Å²) in [5.41, 5.74) is 8.94. The Kier molecular flexibility index (Phi) is 6.07. The Hall–Kier alpha value is -2.94. The Morgan fingerprint density at radius 1 is 1.12 bits per heavy atom. The van der Waals surface area contributed by atoms with Crippen LogP contribution < -0.4 is 25.6 Å². The fourth-order valence-corrected chi connectivity index (χ4v) is 2.08. The number of carbonyl (C=O) groups is 1. The normalized spacial score (nSPS) is 10.2.